The Morgan fingerprint density at radius 2 is 1.62 bits per heavy atom. The lowest BCUT2D eigenvalue weighted by atomic mass is 9.85. The van der Waals surface area contributed by atoms with E-state index in [1.165, 1.54) is 4.90 Å². The standard InChI is InChI=1S/C34H49N5O7S/c1-32(2,3)27(37-31(44)38-34(15-9-10-16-34)19-47(45,46)21-11-7-6-8-12-21)30(43)39-18-22-24(33(22,4)5)25(39)29(42)36-23(17-20-13-14-20)26(40)28(35)41/h6-8,11-12,20,22-25,27H,9-10,13-19H2,1-5H3,(H2,35,41)(H,36,42)(H2,37,38,44)/t22?,23?,24-,25-,27+/m0/s1. The maximum Gasteiger partial charge on any atom is 0.315 e. The Balaban J connectivity index is 1.33. The van der Waals surface area contributed by atoms with E-state index in [-0.39, 0.29) is 33.8 Å². The van der Waals surface area contributed by atoms with Gasteiger partial charge in [-0.25, -0.2) is 13.2 Å². The number of carbonyl (C=O) groups excluding carboxylic acids is 5. The van der Waals surface area contributed by atoms with Crippen molar-refractivity contribution in [3.05, 3.63) is 30.3 Å². The van der Waals surface area contributed by atoms with Gasteiger partial charge in [0.25, 0.3) is 5.91 Å². The molecule has 5 atom stereocenters. The monoisotopic (exact) mass is 671 g/mol. The fourth-order valence-electron chi connectivity index (χ4n) is 7.82. The summed E-state index contributed by atoms with van der Waals surface area (Å²) >= 11 is 0. The number of primary amides is 1. The summed E-state index contributed by atoms with van der Waals surface area (Å²) in [5.74, 6) is -3.05. The summed E-state index contributed by atoms with van der Waals surface area (Å²) in [5, 5.41) is 8.55. The Hall–Kier alpha value is -3.48. The predicted octanol–water partition coefficient (Wildman–Crippen LogP) is 2.31. The van der Waals surface area contributed by atoms with Gasteiger partial charge in [-0.1, -0.05) is 78.5 Å². The van der Waals surface area contributed by atoms with Crippen molar-refractivity contribution in [1.82, 2.24) is 20.9 Å². The maximum absolute atomic E-state index is 14.3. The molecule has 4 aliphatic rings. The van der Waals surface area contributed by atoms with Gasteiger partial charge in [-0.3, -0.25) is 19.2 Å². The van der Waals surface area contributed by atoms with Crippen molar-refractivity contribution in [3.63, 3.8) is 0 Å². The van der Waals surface area contributed by atoms with Crippen LogP contribution in [0.3, 0.4) is 0 Å². The Labute approximate surface area is 277 Å². The van der Waals surface area contributed by atoms with Crippen molar-refractivity contribution < 1.29 is 32.4 Å². The topological polar surface area (TPSA) is 185 Å². The van der Waals surface area contributed by atoms with Gasteiger partial charge in [0.1, 0.15) is 12.1 Å². The number of likely N-dealkylation sites (tertiary alicyclic amines) is 1. The van der Waals surface area contributed by atoms with Crippen molar-refractivity contribution in [2.24, 2.45) is 34.3 Å². The first kappa shape index (κ1) is 34.8. The lowest BCUT2D eigenvalue weighted by molar-refractivity contribution is -0.145. The number of sulfone groups is 1. The van der Waals surface area contributed by atoms with E-state index in [2.05, 4.69) is 16.0 Å². The van der Waals surface area contributed by atoms with Gasteiger partial charge >= 0.3 is 6.03 Å². The van der Waals surface area contributed by atoms with Crippen LogP contribution in [0, 0.1) is 28.6 Å². The number of hydrogen-bond donors (Lipinski definition) is 4. The molecule has 47 heavy (non-hydrogen) atoms. The van der Waals surface area contributed by atoms with Crippen LogP contribution in [0.2, 0.25) is 0 Å². The number of Topliss-reactive ketones (excluding diaryl/α,β-unsaturated/α-hetero) is 1. The highest BCUT2D eigenvalue weighted by atomic mass is 32.2. The van der Waals surface area contributed by atoms with Crippen LogP contribution in [0.15, 0.2) is 35.2 Å². The zero-order chi connectivity index (χ0) is 34.5. The Morgan fingerprint density at radius 1 is 1.00 bits per heavy atom. The van der Waals surface area contributed by atoms with Crippen molar-refractivity contribution in [2.75, 3.05) is 12.3 Å². The molecule has 0 radical (unpaired) electrons. The van der Waals surface area contributed by atoms with E-state index in [1.54, 1.807) is 30.3 Å². The smallest absolute Gasteiger partial charge is 0.315 e. The fraction of sp³-hybridized carbons (Fsp3) is 0.676. The van der Waals surface area contributed by atoms with Crippen LogP contribution in [-0.4, -0.2) is 78.8 Å². The molecule has 1 aliphatic heterocycles. The van der Waals surface area contributed by atoms with E-state index >= 15 is 0 Å². The number of nitrogens with one attached hydrogen (secondary N) is 3. The molecular formula is C34H49N5O7S. The van der Waals surface area contributed by atoms with Gasteiger partial charge in [-0.15, -0.1) is 0 Å². The first-order chi connectivity index (χ1) is 21.9. The molecule has 3 aliphatic carbocycles. The SMILES string of the molecule is CC(C)(C)[C@H](NC(=O)NC1(CS(=O)(=O)c2ccccc2)CCCC1)C(=O)N1CC2[C@@H]([C@H]1C(=O)NC(CC1CC1)C(=O)C(N)=O)C2(C)C. The molecule has 13 heteroatoms. The molecule has 1 heterocycles. The molecule has 258 valence electrons. The van der Waals surface area contributed by atoms with Gasteiger partial charge in [0, 0.05) is 6.54 Å². The van der Waals surface area contributed by atoms with Crippen LogP contribution in [0.5, 0.6) is 0 Å². The number of benzene rings is 1. The number of nitrogens with zero attached hydrogens (tertiary/aromatic N) is 1. The molecule has 1 saturated heterocycles. The summed E-state index contributed by atoms with van der Waals surface area (Å²) in [5.41, 5.74) is 3.33. The van der Waals surface area contributed by atoms with Crippen LogP contribution in [-0.2, 0) is 29.0 Å². The highest BCUT2D eigenvalue weighted by Gasteiger charge is 2.70. The zero-order valence-electron chi connectivity index (χ0n) is 28.0. The highest BCUT2D eigenvalue weighted by molar-refractivity contribution is 7.91. The molecule has 1 aromatic rings. The highest BCUT2D eigenvalue weighted by Crippen LogP contribution is 2.65. The third-order valence-electron chi connectivity index (χ3n) is 10.8. The second-order valence-electron chi connectivity index (χ2n) is 15.8. The molecule has 2 unspecified atom stereocenters. The van der Waals surface area contributed by atoms with Crippen LogP contribution >= 0.6 is 0 Å². The van der Waals surface area contributed by atoms with Crippen LogP contribution in [0.1, 0.15) is 79.6 Å². The van der Waals surface area contributed by atoms with E-state index < -0.39 is 68.5 Å². The summed E-state index contributed by atoms with van der Waals surface area (Å²) in [7, 11) is -3.70. The number of hydrogen-bond acceptors (Lipinski definition) is 7. The van der Waals surface area contributed by atoms with E-state index in [9.17, 15) is 32.4 Å². The summed E-state index contributed by atoms with van der Waals surface area (Å²) in [6.45, 7) is 9.83. The van der Waals surface area contributed by atoms with Crippen molar-refractivity contribution in [3.8, 4) is 0 Å². The molecule has 5 N–H and O–H groups in total. The summed E-state index contributed by atoms with van der Waals surface area (Å²) in [6.07, 6.45) is 4.62. The van der Waals surface area contributed by atoms with E-state index in [0.717, 1.165) is 25.7 Å². The minimum Gasteiger partial charge on any atom is -0.363 e. The van der Waals surface area contributed by atoms with Crippen molar-refractivity contribution in [1.29, 1.82) is 0 Å². The van der Waals surface area contributed by atoms with Gasteiger partial charge < -0.3 is 26.6 Å². The van der Waals surface area contributed by atoms with Gasteiger partial charge in [-0.05, 0) is 60.0 Å². The van der Waals surface area contributed by atoms with Crippen LogP contribution in [0.25, 0.3) is 0 Å². The fourth-order valence-corrected chi connectivity index (χ4v) is 9.64. The van der Waals surface area contributed by atoms with Gasteiger partial charge in [0.05, 0.1) is 22.2 Å². The summed E-state index contributed by atoms with van der Waals surface area (Å²) < 4.78 is 26.7. The average Bonchev–Trinajstić information content (AvgIpc) is 3.74. The molecule has 5 amide bonds. The average molecular weight is 672 g/mol. The Bertz CT molecular complexity index is 1530. The summed E-state index contributed by atoms with van der Waals surface area (Å²) in [4.78, 5) is 67.9. The molecular weight excluding hydrogens is 622 g/mol. The number of nitrogens with two attached hydrogens (primary N) is 1. The zero-order valence-corrected chi connectivity index (χ0v) is 28.8. The van der Waals surface area contributed by atoms with Crippen molar-refractivity contribution in [2.45, 2.75) is 108 Å². The molecule has 1 aromatic carbocycles. The normalized spacial score (nSPS) is 25.6. The van der Waals surface area contributed by atoms with Crippen molar-refractivity contribution >= 4 is 39.4 Å². The molecule has 0 bridgehead atoms. The maximum atomic E-state index is 14.3. The lowest BCUT2D eigenvalue weighted by Crippen LogP contribution is -2.63. The quantitative estimate of drug-likeness (QED) is 0.246. The molecule has 3 saturated carbocycles. The molecule has 5 rings (SSSR count). The predicted molar refractivity (Wildman–Crippen MR) is 174 cm³/mol. The number of fused-ring (bicyclic) bond motifs is 1. The lowest BCUT2D eigenvalue weighted by Gasteiger charge is -2.39. The summed E-state index contributed by atoms with van der Waals surface area (Å²) in [6, 6.07) is 4.51. The first-order valence-electron chi connectivity index (χ1n) is 16.7. The molecule has 0 aromatic heterocycles. The Morgan fingerprint density at radius 3 is 2.17 bits per heavy atom. The minimum atomic E-state index is -3.70. The van der Waals surface area contributed by atoms with Crippen LogP contribution < -0.4 is 21.7 Å². The largest absolute Gasteiger partial charge is 0.363 e. The van der Waals surface area contributed by atoms with Gasteiger partial charge in [-0.2, -0.15) is 0 Å². The van der Waals surface area contributed by atoms with E-state index in [0.29, 0.717) is 25.8 Å². The minimum absolute atomic E-state index is 0.0512. The molecule has 4 fully saturated rings. The number of urea groups is 1. The van der Waals surface area contributed by atoms with Crippen LogP contribution in [0.4, 0.5) is 4.79 Å². The Kier molecular flexibility index (Phi) is 9.28. The number of carbonyl (C=O) groups is 5. The van der Waals surface area contributed by atoms with E-state index in [1.807, 2.05) is 34.6 Å². The number of amides is 5. The van der Waals surface area contributed by atoms with Gasteiger partial charge in [0.15, 0.2) is 9.84 Å². The van der Waals surface area contributed by atoms with Gasteiger partial charge in [0.2, 0.25) is 17.6 Å². The molecule has 12 nitrogen and oxygen atoms in total. The third kappa shape index (κ3) is 7.34. The second kappa shape index (κ2) is 12.5. The van der Waals surface area contributed by atoms with E-state index in [4.69, 9.17) is 5.73 Å². The molecule has 0 spiro atoms. The number of ketones is 1. The first-order valence-corrected chi connectivity index (χ1v) is 18.3. The number of rotatable bonds is 12. The second-order valence-corrected chi connectivity index (χ2v) is 17.8. The number of piperidine rings is 1. The third-order valence-corrected chi connectivity index (χ3v) is 12.7.